The van der Waals surface area contributed by atoms with E-state index in [1.807, 2.05) is 4.90 Å². The molecular formula is C19H26N6O. The van der Waals surface area contributed by atoms with Gasteiger partial charge in [0.25, 0.3) is 0 Å². The van der Waals surface area contributed by atoms with Gasteiger partial charge in [0, 0.05) is 57.5 Å². The van der Waals surface area contributed by atoms with Crippen LogP contribution in [0.2, 0.25) is 0 Å². The van der Waals surface area contributed by atoms with Gasteiger partial charge in [-0.3, -0.25) is 0 Å². The van der Waals surface area contributed by atoms with Gasteiger partial charge in [-0.25, -0.2) is 9.78 Å². The molecule has 0 bridgehead atoms. The highest BCUT2D eigenvalue weighted by atomic mass is 16.2. The second kappa shape index (κ2) is 7.50. The molecule has 3 fully saturated rings. The van der Waals surface area contributed by atoms with Crippen molar-refractivity contribution in [2.24, 2.45) is 0 Å². The fraction of sp³-hybridized carbons (Fsp3) is 0.632. The summed E-state index contributed by atoms with van der Waals surface area (Å²) in [6, 6.07) is 6.94. The highest BCUT2D eigenvalue weighted by Crippen LogP contribution is 2.29. The first-order valence-corrected chi connectivity index (χ1v) is 9.64. The van der Waals surface area contributed by atoms with Crippen molar-refractivity contribution in [3.63, 3.8) is 0 Å². The zero-order valence-electron chi connectivity index (χ0n) is 15.1. The summed E-state index contributed by atoms with van der Waals surface area (Å²) < 4.78 is 0. The van der Waals surface area contributed by atoms with Crippen molar-refractivity contribution in [2.45, 2.75) is 37.8 Å². The number of likely N-dealkylation sites (tertiary alicyclic amines) is 1. The molecule has 1 aromatic rings. The summed E-state index contributed by atoms with van der Waals surface area (Å²) in [4.78, 5) is 23.5. The highest BCUT2D eigenvalue weighted by molar-refractivity contribution is 5.75. The Hall–Kier alpha value is -2.33. The number of amides is 2. The van der Waals surface area contributed by atoms with E-state index in [0.717, 1.165) is 37.8 Å². The summed E-state index contributed by atoms with van der Waals surface area (Å²) in [6.07, 6.45) is 6.53. The molecule has 1 aliphatic carbocycles. The number of carbonyl (C=O) groups excluding carboxylic acids is 1. The molecule has 3 aliphatic rings. The molecule has 0 aromatic carbocycles. The van der Waals surface area contributed by atoms with Crippen molar-refractivity contribution in [1.29, 1.82) is 5.26 Å². The zero-order valence-corrected chi connectivity index (χ0v) is 15.1. The zero-order chi connectivity index (χ0) is 17.9. The maximum absolute atomic E-state index is 12.6. The van der Waals surface area contributed by atoms with Crippen LogP contribution in [0, 0.1) is 11.3 Å². The lowest BCUT2D eigenvalue weighted by Crippen LogP contribution is -2.55. The van der Waals surface area contributed by atoms with Gasteiger partial charge in [0.2, 0.25) is 0 Å². The van der Waals surface area contributed by atoms with Gasteiger partial charge in [-0.15, -0.1) is 0 Å². The number of nitrogens with one attached hydrogen (secondary N) is 1. The number of urea groups is 1. The average molecular weight is 354 g/mol. The molecule has 26 heavy (non-hydrogen) atoms. The van der Waals surface area contributed by atoms with E-state index in [9.17, 15) is 10.1 Å². The van der Waals surface area contributed by atoms with Gasteiger partial charge in [0.15, 0.2) is 0 Å². The van der Waals surface area contributed by atoms with Crippen molar-refractivity contribution in [3.8, 4) is 6.07 Å². The molecule has 7 nitrogen and oxygen atoms in total. The van der Waals surface area contributed by atoms with E-state index >= 15 is 0 Å². The maximum Gasteiger partial charge on any atom is 0.317 e. The fourth-order valence-corrected chi connectivity index (χ4v) is 3.97. The normalized spacial score (nSPS) is 22.1. The molecular weight excluding hydrogens is 328 g/mol. The Morgan fingerprint density at radius 1 is 1.12 bits per heavy atom. The van der Waals surface area contributed by atoms with Crippen molar-refractivity contribution < 1.29 is 4.79 Å². The number of pyridine rings is 1. The number of piperazine rings is 1. The summed E-state index contributed by atoms with van der Waals surface area (Å²) in [5.74, 6) is 0.725. The molecule has 7 heteroatoms. The van der Waals surface area contributed by atoms with Gasteiger partial charge in [-0.05, 0) is 37.8 Å². The van der Waals surface area contributed by atoms with Crippen LogP contribution in [0.3, 0.4) is 0 Å². The second-order valence-electron chi connectivity index (χ2n) is 7.45. The third-order valence-electron chi connectivity index (χ3n) is 5.69. The Labute approximate surface area is 154 Å². The largest absolute Gasteiger partial charge is 0.352 e. The van der Waals surface area contributed by atoms with Gasteiger partial charge >= 0.3 is 6.03 Å². The van der Waals surface area contributed by atoms with E-state index in [1.54, 1.807) is 18.3 Å². The van der Waals surface area contributed by atoms with Crippen LogP contribution in [0.1, 0.15) is 31.2 Å². The van der Waals surface area contributed by atoms with Gasteiger partial charge in [0.05, 0.1) is 5.56 Å². The van der Waals surface area contributed by atoms with E-state index in [1.165, 1.54) is 12.8 Å². The van der Waals surface area contributed by atoms with Gasteiger partial charge in [0.1, 0.15) is 11.9 Å². The summed E-state index contributed by atoms with van der Waals surface area (Å²) in [6.45, 7) is 4.96. The number of rotatable bonds is 3. The molecule has 2 saturated heterocycles. The number of anilines is 1. The molecule has 0 radical (unpaired) electrons. The molecule has 0 spiro atoms. The van der Waals surface area contributed by atoms with Crippen molar-refractivity contribution in [2.75, 3.05) is 44.2 Å². The van der Waals surface area contributed by atoms with Crippen LogP contribution < -0.4 is 10.2 Å². The van der Waals surface area contributed by atoms with E-state index < -0.39 is 0 Å². The van der Waals surface area contributed by atoms with Gasteiger partial charge in [-0.1, -0.05) is 0 Å². The highest BCUT2D eigenvalue weighted by Gasteiger charge is 2.32. The summed E-state index contributed by atoms with van der Waals surface area (Å²) in [5, 5.41) is 12.5. The molecule has 0 unspecified atom stereocenters. The Morgan fingerprint density at radius 2 is 1.85 bits per heavy atom. The van der Waals surface area contributed by atoms with E-state index in [2.05, 4.69) is 26.2 Å². The molecule has 1 N–H and O–H groups in total. The van der Waals surface area contributed by atoms with E-state index in [4.69, 9.17) is 0 Å². The van der Waals surface area contributed by atoms with Crippen molar-refractivity contribution in [1.82, 2.24) is 20.1 Å². The smallest absolute Gasteiger partial charge is 0.317 e. The summed E-state index contributed by atoms with van der Waals surface area (Å²) >= 11 is 0. The number of aromatic nitrogens is 1. The summed E-state index contributed by atoms with van der Waals surface area (Å²) in [5.41, 5.74) is 0.591. The molecule has 4 rings (SSSR count). The standard InChI is InChI=1S/C19H26N6O/c20-14-15-2-1-7-21-18(15)24-10-12-25(13-11-24)19(26)22-16-5-8-23(9-6-16)17-3-4-17/h1-2,7,16-17H,3-6,8-13H2,(H,22,26). The first-order chi connectivity index (χ1) is 12.7. The number of carbonyl (C=O) groups is 1. The molecule has 1 aromatic heterocycles. The van der Waals surface area contributed by atoms with Crippen LogP contribution in [-0.2, 0) is 0 Å². The number of piperidine rings is 1. The van der Waals surface area contributed by atoms with Crippen LogP contribution in [0.5, 0.6) is 0 Å². The molecule has 2 aliphatic heterocycles. The van der Waals surface area contributed by atoms with Crippen LogP contribution in [0.4, 0.5) is 10.6 Å². The summed E-state index contributed by atoms with van der Waals surface area (Å²) in [7, 11) is 0. The lowest BCUT2D eigenvalue weighted by Gasteiger charge is -2.37. The number of hydrogen-bond acceptors (Lipinski definition) is 5. The van der Waals surface area contributed by atoms with Crippen LogP contribution in [0.25, 0.3) is 0 Å². The first-order valence-electron chi connectivity index (χ1n) is 9.64. The fourth-order valence-electron chi connectivity index (χ4n) is 3.97. The average Bonchev–Trinajstić information content (AvgIpc) is 3.54. The molecule has 0 atom stereocenters. The Balaban J connectivity index is 1.25. The molecule has 3 heterocycles. The predicted molar refractivity (Wildman–Crippen MR) is 98.9 cm³/mol. The van der Waals surface area contributed by atoms with E-state index in [0.29, 0.717) is 37.8 Å². The second-order valence-corrected chi connectivity index (χ2v) is 7.45. The molecule has 138 valence electrons. The van der Waals surface area contributed by atoms with E-state index in [-0.39, 0.29) is 6.03 Å². The Bertz CT molecular complexity index is 682. The molecule has 1 saturated carbocycles. The first kappa shape index (κ1) is 17.1. The third-order valence-corrected chi connectivity index (χ3v) is 5.69. The van der Waals surface area contributed by atoms with Crippen molar-refractivity contribution in [3.05, 3.63) is 23.9 Å². The SMILES string of the molecule is N#Cc1cccnc1N1CCN(C(=O)NC2CCN(C3CC3)CC2)CC1. The number of nitriles is 1. The maximum atomic E-state index is 12.6. The number of nitrogens with zero attached hydrogens (tertiary/aromatic N) is 5. The Kier molecular flexibility index (Phi) is 4.93. The third kappa shape index (κ3) is 3.75. The minimum atomic E-state index is 0.0519. The topological polar surface area (TPSA) is 75.5 Å². The minimum absolute atomic E-state index is 0.0519. The van der Waals surface area contributed by atoms with Crippen LogP contribution in [0.15, 0.2) is 18.3 Å². The lowest BCUT2D eigenvalue weighted by atomic mass is 10.1. The van der Waals surface area contributed by atoms with Gasteiger partial charge < -0.3 is 20.0 Å². The predicted octanol–water partition coefficient (Wildman–Crippen LogP) is 1.41. The lowest BCUT2D eigenvalue weighted by molar-refractivity contribution is 0.166. The number of hydrogen-bond donors (Lipinski definition) is 1. The van der Waals surface area contributed by atoms with Crippen LogP contribution in [-0.4, -0.2) is 72.2 Å². The molecule has 2 amide bonds. The van der Waals surface area contributed by atoms with Gasteiger partial charge in [-0.2, -0.15) is 5.26 Å². The quantitative estimate of drug-likeness (QED) is 0.888. The van der Waals surface area contributed by atoms with Crippen molar-refractivity contribution >= 4 is 11.8 Å². The monoisotopic (exact) mass is 354 g/mol. The van der Waals surface area contributed by atoms with Crippen LogP contribution >= 0.6 is 0 Å². The minimum Gasteiger partial charge on any atom is -0.352 e. The Morgan fingerprint density at radius 3 is 2.50 bits per heavy atom.